The van der Waals surface area contributed by atoms with Gasteiger partial charge in [-0.25, -0.2) is 0 Å². The summed E-state index contributed by atoms with van der Waals surface area (Å²) in [6.45, 7) is 7.81. The van der Waals surface area contributed by atoms with E-state index in [9.17, 15) is 0 Å². The lowest BCUT2D eigenvalue weighted by molar-refractivity contribution is 0.336. The minimum absolute atomic E-state index is 0.0325. The van der Waals surface area contributed by atoms with Gasteiger partial charge < -0.3 is 16.0 Å². The fraction of sp³-hybridized carbons (Fsp3) is 0.359. The lowest BCUT2D eigenvalue weighted by Crippen LogP contribution is -2.25. The van der Waals surface area contributed by atoms with Crippen LogP contribution in [0.25, 0.3) is 17.8 Å². The maximum atomic E-state index is 6.37. The molecular formula is C39H48N4. The number of hydrogen-bond acceptors (Lipinski definition) is 3. The first kappa shape index (κ1) is 30.7. The van der Waals surface area contributed by atoms with E-state index >= 15 is 0 Å². The largest absolute Gasteiger partial charge is 0.327 e. The Kier molecular flexibility index (Phi) is 10.5. The Labute approximate surface area is 258 Å². The molecule has 0 saturated heterocycles. The van der Waals surface area contributed by atoms with Crippen LogP contribution < -0.4 is 11.5 Å². The standard InChI is InChI=1S/C39H48N4/c1-4-5-14-32(27-41)36-26-38(42-37(23-22-28(36)2)30-15-8-6-9-16-30)31-17-12-18-33(25-31)43-29(3)34(20-13-24-40)35-19-10-7-11-21-39(35)43/h4-6,8-9,11-18,20-21,25,28,36,38H,7,10,19,22-24,26-27,40-41H2,1-3H3. The van der Waals surface area contributed by atoms with Gasteiger partial charge in [0, 0.05) is 35.9 Å². The minimum atomic E-state index is 0.0325. The van der Waals surface area contributed by atoms with Crippen molar-refractivity contribution in [3.63, 3.8) is 0 Å². The van der Waals surface area contributed by atoms with E-state index in [0.29, 0.717) is 24.9 Å². The highest BCUT2D eigenvalue weighted by molar-refractivity contribution is 6.00. The zero-order chi connectivity index (χ0) is 30.2. The zero-order valence-electron chi connectivity index (χ0n) is 26.2. The van der Waals surface area contributed by atoms with Crippen LogP contribution in [-0.4, -0.2) is 23.4 Å². The number of aromatic nitrogens is 1. The Balaban J connectivity index is 1.63. The molecule has 3 unspecified atom stereocenters. The molecule has 0 spiro atoms. The summed E-state index contributed by atoms with van der Waals surface area (Å²) in [5, 5.41) is 0. The molecule has 224 valence electrons. The number of allylic oxidation sites excluding steroid dienone is 4. The molecule has 5 rings (SSSR count). The lowest BCUT2D eigenvalue weighted by atomic mass is 9.77. The summed E-state index contributed by atoms with van der Waals surface area (Å²) in [5.74, 6) is 0.876. The van der Waals surface area contributed by atoms with Gasteiger partial charge in [-0.05, 0) is 105 Å². The van der Waals surface area contributed by atoms with Gasteiger partial charge in [-0.15, -0.1) is 0 Å². The Morgan fingerprint density at radius 1 is 1.07 bits per heavy atom. The highest BCUT2D eigenvalue weighted by Crippen LogP contribution is 2.39. The van der Waals surface area contributed by atoms with Crippen LogP contribution in [-0.2, 0) is 6.42 Å². The number of hydrogen-bond donors (Lipinski definition) is 2. The van der Waals surface area contributed by atoms with E-state index in [1.807, 2.05) is 0 Å². The molecule has 4 N–H and O–H groups in total. The molecule has 3 aromatic rings. The second kappa shape index (κ2) is 14.6. The van der Waals surface area contributed by atoms with E-state index in [1.165, 1.54) is 57.0 Å². The highest BCUT2D eigenvalue weighted by atomic mass is 15.0. The summed E-state index contributed by atoms with van der Waals surface area (Å²) < 4.78 is 2.44. The Bertz CT molecular complexity index is 1530. The van der Waals surface area contributed by atoms with Gasteiger partial charge in [0.15, 0.2) is 0 Å². The van der Waals surface area contributed by atoms with Crippen molar-refractivity contribution in [2.24, 2.45) is 28.3 Å². The van der Waals surface area contributed by atoms with Crippen molar-refractivity contribution in [2.75, 3.05) is 13.1 Å². The van der Waals surface area contributed by atoms with Crippen molar-refractivity contribution in [3.05, 3.63) is 124 Å². The van der Waals surface area contributed by atoms with Crippen LogP contribution in [0.15, 0.2) is 95.5 Å². The number of aliphatic imine (C=N–C) groups is 1. The average Bonchev–Trinajstić information content (AvgIpc) is 3.14. The Morgan fingerprint density at radius 2 is 1.91 bits per heavy atom. The Morgan fingerprint density at radius 3 is 2.67 bits per heavy atom. The van der Waals surface area contributed by atoms with E-state index in [4.69, 9.17) is 16.5 Å². The molecule has 2 aliphatic rings. The molecule has 4 heteroatoms. The number of benzene rings is 2. The van der Waals surface area contributed by atoms with Crippen molar-refractivity contribution >= 4 is 17.9 Å². The van der Waals surface area contributed by atoms with Crippen LogP contribution in [0.3, 0.4) is 0 Å². The third-order valence-electron chi connectivity index (χ3n) is 9.24. The van der Waals surface area contributed by atoms with E-state index in [-0.39, 0.29) is 6.04 Å². The van der Waals surface area contributed by atoms with E-state index in [0.717, 1.165) is 32.1 Å². The van der Waals surface area contributed by atoms with Crippen molar-refractivity contribution in [3.8, 4) is 5.69 Å². The molecule has 4 nitrogen and oxygen atoms in total. The molecule has 0 radical (unpaired) electrons. The molecule has 1 aliphatic heterocycles. The number of fused-ring (bicyclic) bond motifs is 1. The van der Waals surface area contributed by atoms with Crippen LogP contribution in [0.1, 0.15) is 85.6 Å². The van der Waals surface area contributed by atoms with Crippen molar-refractivity contribution in [1.82, 2.24) is 4.57 Å². The molecule has 1 aliphatic carbocycles. The topological polar surface area (TPSA) is 69.3 Å². The summed E-state index contributed by atoms with van der Waals surface area (Å²) in [6, 6.07) is 19.9. The van der Waals surface area contributed by atoms with Crippen LogP contribution in [0.4, 0.5) is 0 Å². The first-order valence-electron chi connectivity index (χ1n) is 16.1. The van der Waals surface area contributed by atoms with E-state index < -0.39 is 0 Å². The fourth-order valence-electron chi connectivity index (χ4n) is 6.92. The maximum absolute atomic E-state index is 6.37. The molecule has 43 heavy (non-hydrogen) atoms. The molecule has 0 bridgehead atoms. The van der Waals surface area contributed by atoms with Gasteiger partial charge in [0.25, 0.3) is 0 Å². The second-order valence-electron chi connectivity index (χ2n) is 12.0. The van der Waals surface area contributed by atoms with Gasteiger partial charge in [-0.1, -0.05) is 91.4 Å². The monoisotopic (exact) mass is 572 g/mol. The molecule has 1 aromatic heterocycles. The molecule has 0 fully saturated rings. The highest BCUT2D eigenvalue weighted by Gasteiger charge is 2.29. The predicted molar refractivity (Wildman–Crippen MR) is 185 cm³/mol. The summed E-state index contributed by atoms with van der Waals surface area (Å²) in [5.41, 5.74) is 23.7. The number of nitrogens with two attached hydrogens (primary N) is 2. The van der Waals surface area contributed by atoms with Crippen molar-refractivity contribution in [2.45, 2.75) is 65.3 Å². The SMILES string of the molecule is CC=CC=C(CN)C1CC(c2cccc(-n3c(C)c(C=CCN)c4c3C=CCCC4)c2)N=C(c2ccccc2)CCC1C. The zero-order valence-corrected chi connectivity index (χ0v) is 26.2. The number of rotatable bonds is 8. The van der Waals surface area contributed by atoms with Crippen LogP contribution >= 0.6 is 0 Å². The van der Waals surface area contributed by atoms with Gasteiger partial charge >= 0.3 is 0 Å². The first-order valence-corrected chi connectivity index (χ1v) is 16.1. The second-order valence-corrected chi connectivity index (χ2v) is 12.0. The average molecular weight is 573 g/mol. The van der Waals surface area contributed by atoms with E-state index in [2.05, 4.69) is 122 Å². The van der Waals surface area contributed by atoms with E-state index in [1.54, 1.807) is 0 Å². The molecule has 2 heterocycles. The van der Waals surface area contributed by atoms with Crippen LogP contribution in [0.2, 0.25) is 0 Å². The molecule has 0 saturated carbocycles. The smallest absolute Gasteiger partial charge is 0.0759 e. The molecule has 0 amide bonds. The summed E-state index contributed by atoms with van der Waals surface area (Å²) >= 11 is 0. The fourth-order valence-corrected chi connectivity index (χ4v) is 6.92. The third-order valence-corrected chi connectivity index (χ3v) is 9.24. The van der Waals surface area contributed by atoms with Gasteiger partial charge in [-0.2, -0.15) is 0 Å². The van der Waals surface area contributed by atoms with Crippen LogP contribution in [0.5, 0.6) is 0 Å². The first-order chi connectivity index (χ1) is 21.0. The Hall–Kier alpha value is -3.73. The van der Waals surface area contributed by atoms with Gasteiger partial charge in [0.1, 0.15) is 0 Å². The normalized spacial score (nSPS) is 21.5. The molecular weight excluding hydrogens is 524 g/mol. The summed E-state index contributed by atoms with van der Waals surface area (Å²) in [6.07, 6.45) is 21.7. The predicted octanol–water partition coefficient (Wildman–Crippen LogP) is 8.53. The summed E-state index contributed by atoms with van der Waals surface area (Å²) in [4.78, 5) is 5.55. The summed E-state index contributed by atoms with van der Waals surface area (Å²) in [7, 11) is 0. The van der Waals surface area contributed by atoms with Gasteiger partial charge in [-0.3, -0.25) is 4.99 Å². The minimum Gasteiger partial charge on any atom is -0.327 e. The van der Waals surface area contributed by atoms with Gasteiger partial charge in [0.05, 0.1) is 6.04 Å². The van der Waals surface area contributed by atoms with Crippen LogP contribution in [0, 0.1) is 18.8 Å². The maximum Gasteiger partial charge on any atom is 0.0759 e. The third kappa shape index (κ3) is 6.92. The van der Waals surface area contributed by atoms with Crippen molar-refractivity contribution < 1.29 is 0 Å². The number of nitrogens with zero attached hydrogens (tertiary/aromatic N) is 2. The van der Waals surface area contributed by atoms with Gasteiger partial charge in [0.2, 0.25) is 0 Å². The lowest BCUT2D eigenvalue weighted by Gasteiger charge is -2.32. The van der Waals surface area contributed by atoms with Crippen molar-refractivity contribution in [1.29, 1.82) is 0 Å². The quantitative estimate of drug-likeness (QED) is 0.266. The molecule has 3 atom stereocenters. The molecule has 2 aromatic carbocycles.